The third kappa shape index (κ3) is 5.21. The lowest BCUT2D eigenvalue weighted by molar-refractivity contribution is -0.155. The van der Waals surface area contributed by atoms with Crippen molar-refractivity contribution < 1.29 is 19.1 Å². The molecule has 0 aromatic heterocycles. The van der Waals surface area contributed by atoms with Gasteiger partial charge in [-0.2, -0.15) is 0 Å². The van der Waals surface area contributed by atoms with Crippen LogP contribution in [0.3, 0.4) is 0 Å². The fourth-order valence-corrected chi connectivity index (χ4v) is 2.34. The van der Waals surface area contributed by atoms with Crippen molar-refractivity contribution in [2.45, 2.75) is 25.7 Å². The summed E-state index contributed by atoms with van der Waals surface area (Å²) in [5.74, 6) is -0.899. The lowest BCUT2D eigenvalue weighted by atomic mass is 10.1. The van der Waals surface area contributed by atoms with Crippen molar-refractivity contribution in [3.05, 3.63) is 71.8 Å². The molecule has 0 fully saturated rings. The van der Waals surface area contributed by atoms with Crippen LogP contribution < -0.4 is 5.32 Å². The molecular weight excluding hydrogens is 306 g/mol. The number of hydrogen-bond acceptors (Lipinski definition) is 4. The van der Waals surface area contributed by atoms with E-state index >= 15 is 0 Å². The summed E-state index contributed by atoms with van der Waals surface area (Å²) in [5.41, 5.74) is 1.72. The zero-order chi connectivity index (χ0) is 17.4. The van der Waals surface area contributed by atoms with Crippen LogP contribution in [0, 0.1) is 0 Å². The molecule has 2 atom stereocenters. The first-order valence-electron chi connectivity index (χ1n) is 7.69. The van der Waals surface area contributed by atoms with E-state index in [9.17, 15) is 9.59 Å². The maximum absolute atomic E-state index is 12.6. The van der Waals surface area contributed by atoms with E-state index in [0.717, 1.165) is 11.1 Å². The molecule has 2 aromatic carbocycles. The van der Waals surface area contributed by atoms with Crippen molar-refractivity contribution in [3.8, 4) is 0 Å². The lowest BCUT2D eigenvalue weighted by Crippen LogP contribution is -2.41. The highest BCUT2D eigenvalue weighted by molar-refractivity contribution is 5.83. The van der Waals surface area contributed by atoms with Crippen LogP contribution in [-0.4, -0.2) is 25.1 Å². The molecule has 2 aromatic rings. The van der Waals surface area contributed by atoms with Gasteiger partial charge < -0.3 is 14.8 Å². The molecule has 0 saturated carbocycles. The second-order valence-corrected chi connectivity index (χ2v) is 5.32. The summed E-state index contributed by atoms with van der Waals surface area (Å²) in [6.45, 7) is 1.29. The molecule has 0 unspecified atom stereocenters. The third-order valence-electron chi connectivity index (χ3n) is 3.48. The molecule has 1 N–H and O–H groups in total. The molecule has 0 saturated heterocycles. The zero-order valence-electron chi connectivity index (χ0n) is 13.8. The predicted molar refractivity (Wildman–Crippen MR) is 90.0 cm³/mol. The quantitative estimate of drug-likeness (QED) is 0.627. The van der Waals surface area contributed by atoms with E-state index in [4.69, 9.17) is 9.47 Å². The van der Waals surface area contributed by atoms with Gasteiger partial charge in [0.25, 0.3) is 5.91 Å². The smallest absolute Gasteiger partial charge is 0.303 e. The Hall–Kier alpha value is -2.66. The van der Waals surface area contributed by atoms with Gasteiger partial charge in [-0.05, 0) is 5.56 Å². The van der Waals surface area contributed by atoms with E-state index in [2.05, 4.69) is 5.32 Å². The van der Waals surface area contributed by atoms with Gasteiger partial charge in [-0.25, -0.2) is 0 Å². The van der Waals surface area contributed by atoms with E-state index in [1.807, 2.05) is 60.7 Å². The number of carbonyl (C=O) groups is 2. The molecule has 0 spiro atoms. The number of rotatable bonds is 7. The molecule has 2 rings (SSSR count). The van der Waals surface area contributed by atoms with Crippen LogP contribution in [0.1, 0.15) is 24.3 Å². The second kappa shape index (κ2) is 8.84. The fraction of sp³-hybridized carbons (Fsp3) is 0.263. The normalized spacial score (nSPS) is 12.9. The molecule has 0 aliphatic heterocycles. The van der Waals surface area contributed by atoms with Gasteiger partial charge in [-0.15, -0.1) is 0 Å². The Labute approximate surface area is 141 Å². The summed E-state index contributed by atoms with van der Waals surface area (Å²) in [5, 5.41) is 2.77. The van der Waals surface area contributed by atoms with Gasteiger partial charge in [-0.1, -0.05) is 60.7 Å². The number of hydrogen-bond donors (Lipinski definition) is 1. The summed E-state index contributed by atoms with van der Waals surface area (Å²) < 4.78 is 10.5. The van der Waals surface area contributed by atoms with E-state index in [1.54, 1.807) is 0 Å². The maximum atomic E-state index is 12.6. The van der Waals surface area contributed by atoms with Crippen molar-refractivity contribution >= 4 is 11.9 Å². The molecule has 0 aliphatic carbocycles. The Morgan fingerprint density at radius 3 is 2.12 bits per heavy atom. The van der Waals surface area contributed by atoms with E-state index < -0.39 is 24.2 Å². The first-order valence-corrected chi connectivity index (χ1v) is 7.69. The topological polar surface area (TPSA) is 64.6 Å². The van der Waals surface area contributed by atoms with Crippen LogP contribution in [0.4, 0.5) is 0 Å². The maximum Gasteiger partial charge on any atom is 0.303 e. The number of methoxy groups -OCH3 is 1. The van der Waals surface area contributed by atoms with Crippen LogP contribution in [0.15, 0.2) is 60.7 Å². The minimum atomic E-state index is -0.911. The highest BCUT2D eigenvalue weighted by atomic mass is 16.5. The van der Waals surface area contributed by atoms with Crippen molar-refractivity contribution in [1.29, 1.82) is 0 Å². The summed E-state index contributed by atoms with van der Waals surface area (Å²) in [6, 6.07) is 18.7. The number of carbonyl (C=O) groups excluding carboxylic acids is 2. The number of nitrogens with one attached hydrogen (secondary N) is 1. The van der Waals surface area contributed by atoms with E-state index in [0.29, 0.717) is 6.42 Å². The van der Waals surface area contributed by atoms with Crippen LogP contribution in [0.5, 0.6) is 0 Å². The average molecular weight is 327 g/mol. The lowest BCUT2D eigenvalue weighted by Gasteiger charge is -2.22. The summed E-state index contributed by atoms with van der Waals surface area (Å²) in [4.78, 5) is 23.9. The molecule has 1 amide bonds. The molecule has 24 heavy (non-hydrogen) atoms. The van der Waals surface area contributed by atoms with Crippen LogP contribution in [0.2, 0.25) is 0 Å². The number of esters is 1. The standard InChI is InChI=1S/C19H21NO4/c1-14(21)24-17(13-15-9-5-3-6-10-15)18(22)20-19(23-2)16-11-7-4-8-12-16/h3-12,17,19H,13H2,1-2H3,(H,20,22)/t17-,19+/m0/s1. The summed E-state index contributed by atoms with van der Waals surface area (Å²) in [7, 11) is 1.51. The van der Waals surface area contributed by atoms with Gasteiger partial charge in [0.1, 0.15) is 0 Å². The SMILES string of the molecule is CO[C@@H](NC(=O)[C@H](Cc1ccccc1)OC(C)=O)c1ccccc1. The summed E-state index contributed by atoms with van der Waals surface area (Å²) in [6.07, 6.45) is -1.21. The van der Waals surface area contributed by atoms with Crippen molar-refractivity contribution in [3.63, 3.8) is 0 Å². The fourth-order valence-electron chi connectivity index (χ4n) is 2.34. The highest BCUT2D eigenvalue weighted by Crippen LogP contribution is 2.14. The first-order chi connectivity index (χ1) is 11.6. The van der Waals surface area contributed by atoms with Gasteiger partial charge in [-0.3, -0.25) is 9.59 Å². The molecule has 5 heteroatoms. The van der Waals surface area contributed by atoms with Crippen LogP contribution >= 0.6 is 0 Å². The molecule has 126 valence electrons. The number of benzene rings is 2. The minimum Gasteiger partial charge on any atom is -0.452 e. The minimum absolute atomic E-state index is 0.303. The van der Waals surface area contributed by atoms with Crippen LogP contribution in [0.25, 0.3) is 0 Å². The van der Waals surface area contributed by atoms with Crippen molar-refractivity contribution in [1.82, 2.24) is 5.32 Å². The van der Waals surface area contributed by atoms with E-state index in [-0.39, 0.29) is 0 Å². The monoisotopic (exact) mass is 327 g/mol. The molecule has 0 bridgehead atoms. The molecule has 5 nitrogen and oxygen atoms in total. The van der Waals surface area contributed by atoms with Crippen molar-refractivity contribution in [2.75, 3.05) is 7.11 Å². The molecular formula is C19H21NO4. The third-order valence-corrected chi connectivity index (χ3v) is 3.48. The zero-order valence-corrected chi connectivity index (χ0v) is 13.8. The average Bonchev–Trinajstić information content (AvgIpc) is 2.60. The molecule has 0 radical (unpaired) electrons. The first kappa shape index (κ1) is 17.7. The Morgan fingerprint density at radius 1 is 1.00 bits per heavy atom. The summed E-state index contributed by atoms with van der Waals surface area (Å²) >= 11 is 0. The number of amides is 1. The second-order valence-electron chi connectivity index (χ2n) is 5.32. The molecule has 0 heterocycles. The Bertz CT molecular complexity index is 658. The van der Waals surface area contributed by atoms with Gasteiger partial charge in [0.05, 0.1) is 0 Å². The van der Waals surface area contributed by atoms with Gasteiger partial charge >= 0.3 is 5.97 Å². The van der Waals surface area contributed by atoms with Gasteiger partial charge in [0.2, 0.25) is 0 Å². The van der Waals surface area contributed by atoms with E-state index in [1.165, 1.54) is 14.0 Å². The van der Waals surface area contributed by atoms with Crippen molar-refractivity contribution in [2.24, 2.45) is 0 Å². The van der Waals surface area contributed by atoms with Gasteiger partial charge in [0.15, 0.2) is 12.3 Å². The molecule has 0 aliphatic rings. The Balaban J connectivity index is 2.10. The largest absolute Gasteiger partial charge is 0.452 e. The van der Waals surface area contributed by atoms with Gasteiger partial charge in [0, 0.05) is 26.0 Å². The Morgan fingerprint density at radius 2 is 1.58 bits per heavy atom. The number of ether oxygens (including phenoxy) is 2. The van der Waals surface area contributed by atoms with Crippen LogP contribution in [-0.2, 0) is 25.5 Å². The predicted octanol–water partition coefficient (Wildman–Crippen LogP) is 2.62. The highest BCUT2D eigenvalue weighted by Gasteiger charge is 2.25. The Kier molecular flexibility index (Phi) is 6.51.